The van der Waals surface area contributed by atoms with Gasteiger partial charge in [0.15, 0.2) is 0 Å². The lowest BCUT2D eigenvalue weighted by Gasteiger charge is -2.29. The van der Waals surface area contributed by atoms with Crippen molar-refractivity contribution in [1.82, 2.24) is 4.90 Å². The Morgan fingerprint density at radius 2 is 1.91 bits per heavy atom. The third kappa shape index (κ3) is 4.25. The van der Waals surface area contributed by atoms with Gasteiger partial charge in [0.2, 0.25) is 5.91 Å². The molecular weight excluding hydrogens is 298 g/mol. The second-order valence-electron chi connectivity index (χ2n) is 5.38. The Hall–Kier alpha value is -2.50. The molecule has 1 aromatic rings. The van der Waals surface area contributed by atoms with Gasteiger partial charge >= 0.3 is 5.97 Å². The highest BCUT2D eigenvalue weighted by molar-refractivity contribution is 5.92. The number of carboxylic acids is 1. The minimum absolute atomic E-state index is 0.119. The van der Waals surface area contributed by atoms with Crippen LogP contribution in [0.3, 0.4) is 0 Å². The molecule has 1 amide bonds. The van der Waals surface area contributed by atoms with E-state index in [1.807, 2.05) is 6.07 Å². The van der Waals surface area contributed by atoms with Crippen molar-refractivity contribution in [3.8, 4) is 11.5 Å². The number of ether oxygens (including phenoxy) is 2. The maximum atomic E-state index is 12.2. The van der Waals surface area contributed by atoms with E-state index < -0.39 is 5.97 Å². The lowest BCUT2D eigenvalue weighted by atomic mass is 9.97. The Kier molecular flexibility index (Phi) is 5.62. The van der Waals surface area contributed by atoms with E-state index in [1.165, 1.54) is 6.08 Å². The summed E-state index contributed by atoms with van der Waals surface area (Å²) in [5.74, 6) is 0.0612. The van der Waals surface area contributed by atoms with Crippen molar-refractivity contribution < 1.29 is 24.2 Å². The van der Waals surface area contributed by atoms with Crippen LogP contribution in [0, 0.1) is 5.92 Å². The summed E-state index contributed by atoms with van der Waals surface area (Å²) < 4.78 is 10.4. The fourth-order valence-electron chi connectivity index (χ4n) is 2.57. The summed E-state index contributed by atoms with van der Waals surface area (Å²) in [6.45, 7) is 0.944. The molecule has 0 radical (unpaired) electrons. The summed E-state index contributed by atoms with van der Waals surface area (Å²) in [7, 11) is 3.14. The van der Waals surface area contributed by atoms with Crippen LogP contribution in [0.4, 0.5) is 0 Å². The molecule has 2 rings (SSSR count). The molecule has 23 heavy (non-hydrogen) atoms. The molecule has 1 fully saturated rings. The highest BCUT2D eigenvalue weighted by Gasteiger charge is 2.25. The van der Waals surface area contributed by atoms with E-state index in [0.717, 1.165) is 5.56 Å². The maximum Gasteiger partial charge on any atom is 0.306 e. The molecule has 0 bridgehead atoms. The van der Waals surface area contributed by atoms with Crippen LogP contribution in [0.2, 0.25) is 0 Å². The molecule has 6 heteroatoms. The maximum absolute atomic E-state index is 12.2. The summed E-state index contributed by atoms with van der Waals surface area (Å²) in [6.07, 6.45) is 4.19. The summed E-state index contributed by atoms with van der Waals surface area (Å²) in [6, 6.07) is 5.37. The molecule has 0 saturated carbocycles. The average molecular weight is 319 g/mol. The number of carbonyl (C=O) groups is 2. The summed E-state index contributed by atoms with van der Waals surface area (Å²) >= 11 is 0. The number of hydrogen-bond donors (Lipinski definition) is 1. The minimum atomic E-state index is -0.782. The van der Waals surface area contributed by atoms with Crippen molar-refractivity contribution in [3.05, 3.63) is 29.8 Å². The highest BCUT2D eigenvalue weighted by atomic mass is 16.5. The summed E-state index contributed by atoms with van der Waals surface area (Å²) in [5.41, 5.74) is 0.780. The van der Waals surface area contributed by atoms with Crippen LogP contribution in [0.15, 0.2) is 24.3 Å². The highest BCUT2D eigenvalue weighted by Crippen LogP contribution is 2.25. The number of benzene rings is 1. The van der Waals surface area contributed by atoms with Crippen LogP contribution in [-0.4, -0.2) is 49.2 Å². The first kappa shape index (κ1) is 16.9. The number of piperidine rings is 1. The Labute approximate surface area is 135 Å². The number of carbonyl (C=O) groups excluding carboxylic acids is 1. The Balaban J connectivity index is 2.00. The largest absolute Gasteiger partial charge is 0.497 e. The van der Waals surface area contributed by atoms with E-state index in [2.05, 4.69) is 0 Å². The molecule has 1 aliphatic heterocycles. The van der Waals surface area contributed by atoms with Crippen LogP contribution < -0.4 is 9.47 Å². The lowest BCUT2D eigenvalue weighted by molar-refractivity contribution is -0.144. The molecule has 1 heterocycles. The number of methoxy groups -OCH3 is 2. The van der Waals surface area contributed by atoms with E-state index in [-0.39, 0.29) is 11.8 Å². The van der Waals surface area contributed by atoms with E-state index in [9.17, 15) is 9.59 Å². The number of likely N-dealkylation sites (tertiary alicyclic amines) is 1. The molecule has 0 atom stereocenters. The van der Waals surface area contributed by atoms with Gasteiger partial charge in [-0.05, 0) is 31.1 Å². The van der Waals surface area contributed by atoms with Crippen LogP contribution >= 0.6 is 0 Å². The number of carboxylic acid groups (broad SMARTS) is 1. The zero-order valence-electron chi connectivity index (χ0n) is 13.3. The summed E-state index contributed by atoms with van der Waals surface area (Å²) in [5, 5.41) is 8.97. The van der Waals surface area contributed by atoms with Crippen LogP contribution in [0.5, 0.6) is 11.5 Å². The average Bonchev–Trinajstić information content (AvgIpc) is 2.59. The number of amides is 1. The van der Waals surface area contributed by atoms with Gasteiger partial charge in [0.25, 0.3) is 0 Å². The van der Waals surface area contributed by atoms with Gasteiger partial charge in [-0.3, -0.25) is 9.59 Å². The van der Waals surface area contributed by atoms with Crippen molar-refractivity contribution in [2.75, 3.05) is 27.3 Å². The number of nitrogens with zero attached hydrogens (tertiary/aromatic N) is 1. The van der Waals surface area contributed by atoms with Gasteiger partial charge in [-0.1, -0.05) is 0 Å². The zero-order valence-corrected chi connectivity index (χ0v) is 13.3. The third-order valence-electron chi connectivity index (χ3n) is 4.00. The predicted octanol–water partition coefficient (Wildman–Crippen LogP) is 2.04. The molecular formula is C17H21NO5. The van der Waals surface area contributed by atoms with Gasteiger partial charge in [-0.25, -0.2) is 0 Å². The van der Waals surface area contributed by atoms with Crippen molar-refractivity contribution in [3.63, 3.8) is 0 Å². The van der Waals surface area contributed by atoms with Crippen molar-refractivity contribution in [2.45, 2.75) is 12.8 Å². The molecule has 6 nitrogen and oxygen atoms in total. The number of hydrogen-bond acceptors (Lipinski definition) is 4. The molecule has 0 aliphatic carbocycles. The van der Waals surface area contributed by atoms with Gasteiger partial charge in [0.05, 0.1) is 20.1 Å². The normalized spacial score (nSPS) is 15.7. The van der Waals surface area contributed by atoms with Gasteiger partial charge < -0.3 is 19.5 Å². The first-order valence-electron chi connectivity index (χ1n) is 7.47. The molecule has 1 saturated heterocycles. The first-order chi connectivity index (χ1) is 11.0. The standard InChI is InChI=1S/C17H21NO5/c1-22-14-5-3-12(15(11-14)23-2)4-6-16(19)18-9-7-13(8-10-18)17(20)21/h3-6,11,13H,7-10H2,1-2H3,(H,20,21). The predicted molar refractivity (Wildman–Crippen MR) is 85.5 cm³/mol. The van der Waals surface area contributed by atoms with Crippen LogP contribution in [0.1, 0.15) is 18.4 Å². The fourth-order valence-corrected chi connectivity index (χ4v) is 2.57. The van der Waals surface area contributed by atoms with E-state index in [0.29, 0.717) is 37.4 Å². The second-order valence-corrected chi connectivity index (χ2v) is 5.38. The zero-order chi connectivity index (χ0) is 16.8. The molecule has 124 valence electrons. The van der Waals surface area contributed by atoms with Crippen LogP contribution in [-0.2, 0) is 9.59 Å². The van der Waals surface area contributed by atoms with Crippen molar-refractivity contribution in [1.29, 1.82) is 0 Å². The van der Waals surface area contributed by atoms with E-state index in [4.69, 9.17) is 14.6 Å². The Morgan fingerprint density at radius 1 is 1.22 bits per heavy atom. The third-order valence-corrected chi connectivity index (χ3v) is 4.00. The Morgan fingerprint density at radius 3 is 2.48 bits per heavy atom. The van der Waals surface area contributed by atoms with Gasteiger partial charge in [-0.15, -0.1) is 0 Å². The van der Waals surface area contributed by atoms with Gasteiger partial charge in [0, 0.05) is 30.8 Å². The van der Waals surface area contributed by atoms with E-state index in [1.54, 1.807) is 37.3 Å². The van der Waals surface area contributed by atoms with Crippen LogP contribution in [0.25, 0.3) is 6.08 Å². The number of aliphatic carboxylic acids is 1. The summed E-state index contributed by atoms with van der Waals surface area (Å²) in [4.78, 5) is 24.8. The fraction of sp³-hybridized carbons (Fsp3) is 0.412. The van der Waals surface area contributed by atoms with Gasteiger partial charge in [-0.2, -0.15) is 0 Å². The molecule has 1 aliphatic rings. The molecule has 1 N–H and O–H groups in total. The molecule has 0 spiro atoms. The van der Waals surface area contributed by atoms with Crippen molar-refractivity contribution >= 4 is 18.0 Å². The first-order valence-corrected chi connectivity index (χ1v) is 7.47. The Bertz CT molecular complexity index is 603. The van der Waals surface area contributed by atoms with E-state index >= 15 is 0 Å². The molecule has 1 aromatic carbocycles. The lowest BCUT2D eigenvalue weighted by Crippen LogP contribution is -2.39. The smallest absolute Gasteiger partial charge is 0.306 e. The quantitative estimate of drug-likeness (QED) is 0.841. The molecule has 0 unspecified atom stereocenters. The minimum Gasteiger partial charge on any atom is -0.497 e. The topological polar surface area (TPSA) is 76.1 Å². The van der Waals surface area contributed by atoms with Crippen molar-refractivity contribution in [2.24, 2.45) is 5.92 Å². The second kappa shape index (κ2) is 7.67. The molecule has 0 aromatic heterocycles. The monoisotopic (exact) mass is 319 g/mol. The van der Waals surface area contributed by atoms with Gasteiger partial charge in [0.1, 0.15) is 11.5 Å². The number of rotatable bonds is 5. The SMILES string of the molecule is COc1ccc(C=CC(=O)N2CCC(C(=O)O)CC2)c(OC)c1.